The monoisotopic (exact) mass is 311 g/mol. The second-order valence-corrected chi connectivity index (χ2v) is 9.63. The summed E-state index contributed by atoms with van der Waals surface area (Å²) in [6.45, 7) is 14.1. The third-order valence-electron chi connectivity index (χ3n) is 5.85. The lowest BCUT2D eigenvalue weighted by Crippen LogP contribution is -2.28. The lowest BCUT2D eigenvalue weighted by Gasteiger charge is -2.38. The van der Waals surface area contributed by atoms with E-state index in [4.69, 9.17) is 0 Å². The fourth-order valence-electron chi connectivity index (χ4n) is 4.15. The fourth-order valence-corrected chi connectivity index (χ4v) is 4.15. The Kier molecular flexibility index (Phi) is 4.11. The summed E-state index contributed by atoms with van der Waals surface area (Å²) in [6, 6.07) is 10.0. The molecule has 0 aliphatic heterocycles. The van der Waals surface area contributed by atoms with Crippen molar-refractivity contribution in [3.8, 4) is 0 Å². The van der Waals surface area contributed by atoms with Gasteiger partial charge in [-0.1, -0.05) is 54.0 Å². The van der Waals surface area contributed by atoms with E-state index in [0.29, 0.717) is 11.5 Å². The van der Waals surface area contributed by atoms with E-state index in [9.17, 15) is 0 Å². The van der Waals surface area contributed by atoms with Crippen molar-refractivity contribution in [1.29, 1.82) is 0 Å². The summed E-state index contributed by atoms with van der Waals surface area (Å²) in [5, 5.41) is 1.40. The molecule has 3 rings (SSSR count). The van der Waals surface area contributed by atoms with Crippen LogP contribution in [0.1, 0.15) is 78.8 Å². The smallest absolute Gasteiger partial charge is 0.0483 e. The lowest BCUT2D eigenvalue weighted by atomic mass is 9.71. The van der Waals surface area contributed by atoms with Gasteiger partial charge < -0.3 is 4.57 Å². The summed E-state index contributed by atoms with van der Waals surface area (Å²) >= 11 is 0. The van der Waals surface area contributed by atoms with E-state index in [-0.39, 0.29) is 5.41 Å². The van der Waals surface area contributed by atoms with Crippen LogP contribution in [0.4, 0.5) is 0 Å². The second kappa shape index (κ2) is 5.69. The average molecular weight is 312 g/mol. The minimum absolute atomic E-state index is 0.221. The van der Waals surface area contributed by atoms with Crippen LogP contribution in [0.15, 0.2) is 30.5 Å². The molecule has 0 N–H and O–H groups in total. The number of rotatable bonds is 1. The standard InChI is InChI=1S/C22H33N/c1-21(2,3)17-8-7-9-19(15-17)23-13-12-16-14-18(22(4,5)6)10-11-20(16)23/h10-14,17,19H,7-9,15H2,1-6H3. The Labute approximate surface area is 142 Å². The number of nitrogens with zero attached hydrogens (tertiary/aromatic N) is 1. The van der Waals surface area contributed by atoms with Crippen LogP contribution in [0.5, 0.6) is 0 Å². The fraction of sp³-hybridized carbons (Fsp3) is 0.636. The molecule has 1 aliphatic rings. The molecule has 0 saturated heterocycles. The van der Waals surface area contributed by atoms with Gasteiger partial charge in [-0.05, 0) is 65.2 Å². The Morgan fingerprint density at radius 3 is 2.35 bits per heavy atom. The van der Waals surface area contributed by atoms with E-state index < -0.39 is 0 Å². The zero-order valence-corrected chi connectivity index (χ0v) is 15.8. The van der Waals surface area contributed by atoms with Gasteiger partial charge in [-0.2, -0.15) is 0 Å². The molecule has 1 aromatic carbocycles. The minimum atomic E-state index is 0.221. The molecule has 1 saturated carbocycles. The highest BCUT2D eigenvalue weighted by molar-refractivity contribution is 5.81. The van der Waals surface area contributed by atoms with Gasteiger partial charge in [-0.15, -0.1) is 0 Å². The third-order valence-corrected chi connectivity index (χ3v) is 5.85. The molecule has 1 heteroatoms. The van der Waals surface area contributed by atoms with E-state index >= 15 is 0 Å². The summed E-state index contributed by atoms with van der Waals surface area (Å²) in [5.41, 5.74) is 3.50. The molecule has 1 aliphatic carbocycles. The summed E-state index contributed by atoms with van der Waals surface area (Å²) in [4.78, 5) is 0. The van der Waals surface area contributed by atoms with Gasteiger partial charge in [0.1, 0.15) is 0 Å². The van der Waals surface area contributed by atoms with E-state index in [0.717, 1.165) is 5.92 Å². The van der Waals surface area contributed by atoms with Crippen molar-refractivity contribution in [2.45, 2.75) is 78.7 Å². The van der Waals surface area contributed by atoms with E-state index in [1.165, 1.54) is 42.1 Å². The number of hydrogen-bond acceptors (Lipinski definition) is 0. The van der Waals surface area contributed by atoms with Gasteiger partial charge in [0.25, 0.3) is 0 Å². The van der Waals surface area contributed by atoms with E-state index in [1.807, 2.05) is 0 Å². The molecular formula is C22H33N. The van der Waals surface area contributed by atoms with Crippen molar-refractivity contribution < 1.29 is 0 Å². The highest BCUT2D eigenvalue weighted by Crippen LogP contribution is 2.43. The van der Waals surface area contributed by atoms with Crippen LogP contribution >= 0.6 is 0 Å². The molecule has 1 heterocycles. The molecule has 1 nitrogen and oxygen atoms in total. The van der Waals surface area contributed by atoms with Crippen LogP contribution < -0.4 is 0 Å². The normalized spacial score (nSPS) is 23.4. The van der Waals surface area contributed by atoms with Crippen molar-refractivity contribution in [3.63, 3.8) is 0 Å². The lowest BCUT2D eigenvalue weighted by molar-refractivity contribution is 0.146. The van der Waals surface area contributed by atoms with Gasteiger partial charge in [-0.25, -0.2) is 0 Å². The van der Waals surface area contributed by atoms with Crippen LogP contribution in [0.3, 0.4) is 0 Å². The molecular weight excluding hydrogens is 278 g/mol. The maximum absolute atomic E-state index is 2.56. The van der Waals surface area contributed by atoms with Crippen LogP contribution in [0, 0.1) is 11.3 Å². The van der Waals surface area contributed by atoms with Crippen molar-refractivity contribution in [1.82, 2.24) is 4.57 Å². The van der Waals surface area contributed by atoms with Gasteiger partial charge in [0.15, 0.2) is 0 Å². The van der Waals surface area contributed by atoms with Crippen LogP contribution in [0.2, 0.25) is 0 Å². The molecule has 23 heavy (non-hydrogen) atoms. The average Bonchev–Trinajstić information content (AvgIpc) is 2.88. The quantitative estimate of drug-likeness (QED) is 0.551. The summed E-state index contributed by atoms with van der Waals surface area (Å²) in [5.74, 6) is 0.840. The van der Waals surface area contributed by atoms with Gasteiger partial charge in [-0.3, -0.25) is 0 Å². The van der Waals surface area contributed by atoms with E-state index in [1.54, 1.807) is 0 Å². The van der Waals surface area contributed by atoms with Gasteiger partial charge in [0, 0.05) is 17.8 Å². The highest BCUT2D eigenvalue weighted by atomic mass is 15.0. The van der Waals surface area contributed by atoms with Crippen LogP contribution in [0.25, 0.3) is 10.9 Å². The van der Waals surface area contributed by atoms with E-state index in [2.05, 4.69) is 76.6 Å². The second-order valence-electron chi connectivity index (χ2n) is 9.63. The topological polar surface area (TPSA) is 4.93 Å². The van der Waals surface area contributed by atoms with Crippen molar-refractivity contribution >= 4 is 10.9 Å². The minimum Gasteiger partial charge on any atom is -0.344 e. The molecule has 0 radical (unpaired) electrons. The van der Waals surface area contributed by atoms with Crippen molar-refractivity contribution in [3.05, 3.63) is 36.0 Å². The Morgan fingerprint density at radius 1 is 0.957 bits per heavy atom. The number of fused-ring (bicyclic) bond motifs is 1. The molecule has 126 valence electrons. The summed E-state index contributed by atoms with van der Waals surface area (Å²) < 4.78 is 2.56. The first-order valence-electron chi connectivity index (χ1n) is 9.27. The first-order chi connectivity index (χ1) is 10.7. The molecule has 0 spiro atoms. The first-order valence-corrected chi connectivity index (χ1v) is 9.27. The predicted octanol–water partition coefficient (Wildman–Crippen LogP) is 6.72. The number of benzene rings is 1. The predicted molar refractivity (Wildman–Crippen MR) is 101 cm³/mol. The third kappa shape index (κ3) is 3.34. The van der Waals surface area contributed by atoms with Gasteiger partial charge in [0.05, 0.1) is 0 Å². The van der Waals surface area contributed by atoms with Crippen molar-refractivity contribution in [2.24, 2.45) is 11.3 Å². The Hall–Kier alpha value is -1.24. The zero-order chi connectivity index (χ0) is 16.8. The van der Waals surface area contributed by atoms with Crippen LogP contribution in [-0.4, -0.2) is 4.57 Å². The number of hydrogen-bond donors (Lipinski definition) is 0. The maximum atomic E-state index is 2.56. The Bertz CT molecular complexity index is 678. The summed E-state index contributed by atoms with van der Waals surface area (Å²) in [7, 11) is 0. The SMILES string of the molecule is CC(C)(C)c1ccc2c(ccn2C2CCCC(C(C)(C)C)C2)c1. The molecule has 2 unspecified atom stereocenters. The molecule has 1 aromatic heterocycles. The highest BCUT2D eigenvalue weighted by Gasteiger charge is 2.31. The molecule has 1 fully saturated rings. The first kappa shape index (κ1) is 16.6. The van der Waals surface area contributed by atoms with Crippen LogP contribution in [-0.2, 0) is 5.41 Å². The molecule has 2 aromatic rings. The Balaban J connectivity index is 1.91. The van der Waals surface area contributed by atoms with Crippen molar-refractivity contribution in [2.75, 3.05) is 0 Å². The summed E-state index contributed by atoms with van der Waals surface area (Å²) in [6.07, 6.45) is 7.75. The Morgan fingerprint density at radius 2 is 1.70 bits per heavy atom. The molecule has 0 bridgehead atoms. The largest absolute Gasteiger partial charge is 0.344 e. The maximum Gasteiger partial charge on any atom is 0.0483 e. The van der Waals surface area contributed by atoms with Gasteiger partial charge in [0.2, 0.25) is 0 Å². The molecule has 0 amide bonds. The zero-order valence-electron chi connectivity index (χ0n) is 15.8. The number of aromatic nitrogens is 1. The molecule has 2 atom stereocenters. The van der Waals surface area contributed by atoms with Gasteiger partial charge >= 0.3 is 0 Å².